The molecule has 0 fully saturated rings. The van der Waals surface area contributed by atoms with Crippen LogP contribution in [0, 0.1) is 46.9 Å². The topological polar surface area (TPSA) is 85.5 Å². The molecule has 35 valence electrons. The Morgan fingerprint density at radius 3 is 0.600 bits per heavy atom. The van der Waals surface area contributed by atoms with Crippen LogP contribution in [0.25, 0.3) is 0 Å². The Balaban J connectivity index is 0. The van der Waals surface area contributed by atoms with Gasteiger partial charge in [0.2, 0.25) is 0 Å². The van der Waals surface area contributed by atoms with Gasteiger partial charge in [0.25, 0.3) is 0 Å². The van der Waals surface area contributed by atoms with E-state index in [9.17, 15) is 0 Å². The minimum atomic E-state index is 0. The normalized spacial score (nSPS) is 0. The van der Waals surface area contributed by atoms with E-state index in [1.54, 1.807) is 0 Å². The minimum absolute atomic E-state index is 0. The molecule has 0 saturated heterocycles. The van der Waals surface area contributed by atoms with Crippen LogP contribution in [0.5, 0.6) is 0 Å². The first-order chi connectivity index (χ1) is 0. The molecule has 1 radical (unpaired) electrons. The van der Waals surface area contributed by atoms with E-state index >= 15 is 0 Å². The van der Waals surface area contributed by atoms with Gasteiger partial charge in [-0.3, -0.25) is 0 Å². The van der Waals surface area contributed by atoms with Crippen LogP contribution in [-0.4, -0.2) is 0 Å². The second-order valence-corrected chi connectivity index (χ2v) is 0. The third-order valence-electron chi connectivity index (χ3n) is 0. The van der Waals surface area contributed by atoms with Gasteiger partial charge in [-0.05, 0) is 0 Å². The molecular weight excluding hydrogens is 310 g/mol. The van der Waals surface area contributed by atoms with Gasteiger partial charge in [0.05, 0.1) is 0 Å². The quantitative estimate of drug-likeness (QED) is 0.585. The Labute approximate surface area is 93.9 Å². The molecule has 5 heavy (non-hydrogen) atoms. The largest absolute Gasteiger partial charge is 3.00 e. The fraction of sp³-hybridized carbons (Fsp3) is 0. The third kappa shape index (κ3) is 21.0. The molecule has 0 N–H and O–H groups in total. The van der Waals surface area contributed by atoms with Gasteiger partial charge in [0.1, 0.15) is 0 Å². The number of rotatable bonds is 0. The van der Waals surface area contributed by atoms with E-state index in [1.807, 2.05) is 0 Å². The Hall–Kier alpha value is 2.50. The van der Waals surface area contributed by atoms with Crippen molar-refractivity contribution in [3.8, 4) is 0 Å². The van der Waals surface area contributed by atoms with E-state index in [1.165, 1.54) is 0 Å². The molecule has 0 spiro atoms. The summed E-state index contributed by atoms with van der Waals surface area (Å²) in [6.07, 6.45) is 0. The molecule has 0 heterocycles. The van der Waals surface area contributed by atoms with Gasteiger partial charge in [0.15, 0.2) is 0 Å². The molecular formula is O3YYb. The SMILES string of the molecule is [O-2].[O-2].[O-2].[Y+3].[Yb+3]. The van der Waals surface area contributed by atoms with E-state index in [4.69, 9.17) is 0 Å². The molecule has 5 heteroatoms. The fourth-order valence-electron chi connectivity index (χ4n) is 0. The van der Waals surface area contributed by atoms with Crippen molar-refractivity contribution in [2.75, 3.05) is 0 Å². The van der Waals surface area contributed by atoms with Crippen LogP contribution < -0.4 is 0 Å². The Morgan fingerprint density at radius 1 is 0.600 bits per heavy atom. The summed E-state index contributed by atoms with van der Waals surface area (Å²) in [7, 11) is 0. The van der Waals surface area contributed by atoms with Crippen LogP contribution in [0.1, 0.15) is 0 Å². The average Bonchev–Trinajstić information content (AvgIpc) is 0. The first-order valence-electron chi connectivity index (χ1n) is 0. The standard InChI is InChI=1S/3O.Y.Yb/q3*-2;2*+3. The monoisotopic (exact) mass is 311 g/mol. The van der Waals surface area contributed by atoms with E-state index in [0.29, 0.717) is 0 Å². The maximum atomic E-state index is 0. The van der Waals surface area contributed by atoms with Gasteiger partial charge >= 0.3 is 79.6 Å². The second-order valence-electron chi connectivity index (χ2n) is 0. The second kappa shape index (κ2) is 31.4. The molecule has 0 saturated carbocycles. The van der Waals surface area contributed by atoms with Crippen LogP contribution in [-0.2, 0) is 49.1 Å². The van der Waals surface area contributed by atoms with Gasteiger partial charge in [-0.1, -0.05) is 0 Å². The molecule has 3 nitrogen and oxygen atoms in total. The van der Waals surface area contributed by atoms with Crippen molar-refractivity contribution in [3.05, 3.63) is 0 Å². The van der Waals surface area contributed by atoms with E-state index in [2.05, 4.69) is 0 Å². The molecule has 0 atom stereocenters. The zero-order valence-electron chi connectivity index (χ0n) is 2.07. The van der Waals surface area contributed by atoms with Crippen LogP contribution in [0.3, 0.4) is 0 Å². The van der Waals surface area contributed by atoms with Crippen molar-refractivity contribution >= 4 is 0 Å². The van der Waals surface area contributed by atoms with Gasteiger partial charge in [0, 0.05) is 0 Å². The molecule has 0 aromatic rings. The summed E-state index contributed by atoms with van der Waals surface area (Å²) in [5.74, 6) is 0. The van der Waals surface area contributed by atoms with Crippen LogP contribution in [0.15, 0.2) is 0 Å². The maximum absolute atomic E-state index is 0. The zero-order chi connectivity index (χ0) is 0. The van der Waals surface area contributed by atoms with E-state index in [-0.39, 0.29) is 96.1 Å². The number of hydrogen-bond donors (Lipinski definition) is 0. The molecule has 0 aliphatic heterocycles. The number of hydrogen-bond acceptors (Lipinski definition) is 0. The maximum Gasteiger partial charge on any atom is 3.00 e. The molecule has 0 bridgehead atoms. The first-order valence-corrected chi connectivity index (χ1v) is 0. The predicted octanol–water partition coefficient (Wildman–Crippen LogP) is -0.359. The van der Waals surface area contributed by atoms with E-state index < -0.39 is 0 Å². The summed E-state index contributed by atoms with van der Waals surface area (Å²) in [5, 5.41) is 0. The molecule has 0 rings (SSSR count). The summed E-state index contributed by atoms with van der Waals surface area (Å²) in [6.45, 7) is 0. The zero-order valence-corrected chi connectivity index (χ0v) is 6.62. The minimum Gasteiger partial charge on any atom is -2.00 e. The first kappa shape index (κ1) is 50.6. The summed E-state index contributed by atoms with van der Waals surface area (Å²) in [4.78, 5) is 0. The summed E-state index contributed by atoms with van der Waals surface area (Å²) < 4.78 is 0. The van der Waals surface area contributed by atoms with Crippen LogP contribution >= 0.6 is 0 Å². The fourth-order valence-corrected chi connectivity index (χ4v) is 0. The Bertz CT molecular complexity index is 6.85. The van der Waals surface area contributed by atoms with Crippen LogP contribution in [0.2, 0.25) is 0 Å². The van der Waals surface area contributed by atoms with E-state index in [0.717, 1.165) is 0 Å². The predicted molar refractivity (Wildman–Crippen MR) is 2.06 cm³/mol. The van der Waals surface area contributed by atoms with Gasteiger partial charge in [-0.15, -0.1) is 0 Å². The summed E-state index contributed by atoms with van der Waals surface area (Å²) in [6, 6.07) is 0. The van der Waals surface area contributed by atoms with Crippen LogP contribution in [0.4, 0.5) is 0 Å². The van der Waals surface area contributed by atoms with Crippen molar-refractivity contribution in [2.24, 2.45) is 0 Å². The molecule has 0 aliphatic carbocycles. The van der Waals surface area contributed by atoms with Gasteiger partial charge in [-0.2, -0.15) is 0 Å². The Morgan fingerprint density at radius 2 is 0.600 bits per heavy atom. The molecule has 0 aromatic heterocycles. The van der Waals surface area contributed by atoms with Gasteiger partial charge < -0.3 is 16.4 Å². The Kier molecular flexibility index (Phi) is 318. The molecule has 0 amide bonds. The van der Waals surface area contributed by atoms with Crippen molar-refractivity contribution in [3.63, 3.8) is 0 Å². The molecule has 0 aliphatic rings. The smallest absolute Gasteiger partial charge is 2.00 e. The van der Waals surface area contributed by atoms with Crippen molar-refractivity contribution in [1.29, 1.82) is 0 Å². The van der Waals surface area contributed by atoms with Gasteiger partial charge in [-0.25, -0.2) is 0 Å². The average molecular weight is 310 g/mol. The third-order valence-corrected chi connectivity index (χ3v) is 0. The van der Waals surface area contributed by atoms with Crippen molar-refractivity contribution < 1.29 is 96.1 Å². The molecule has 0 aromatic carbocycles. The molecule has 0 unspecified atom stereocenters. The summed E-state index contributed by atoms with van der Waals surface area (Å²) in [5.41, 5.74) is 0. The summed E-state index contributed by atoms with van der Waals surface area (Å²) >= 11 is 0. The van der Waals surface area contributed by atoms with Crippen molar-refractivity contribution in [2.45, 2.75) is 0 Å². The van der Waals surface area contributed by atoms with Crippen molar-refractivity contribution in [1.82, 2.24) is 0 Å².